The second kappa shape index (κ2) is 11.9. The fraction of sp³-hybridized carbons (Fsp3) is 0.609. The molecule has 0 amide bonds. The van der Waals surface area contributed by atoms with E-state index in [9.17, 15) is 45.6 Å². The maximum absolute atomic E-state index is 12.8. The molecule has 0 radical (unpaired) electrons. The number of carbonyl (C=O) groups is 1. The third kappa shape index (κ3) is 5.70. The Morgan fingerprint density at radius 2 is 1.72 bits per heavy atom. The number of benzene rings is 1. The molecule has 0 aliphatic carbocycles. The van der Waals surface area contributed by atoms with Gasteiger partial charge in [0.1, 0.15) is 30.5 Å². The van der Waals surface area contributed by atoms with Crippen LogP contribution in [-0.4, -0.2) is 122 Å². The first-order valence-electron chi connectivity index (χ1n) is 11.2. The number of ether oxygens (including phenoxy) is 4. The standard InChI is InChI=1S/C23H32O13/c1-33-15-6-11(3-5-14(15)28)2-4-12(27)7-13-18(29)17(9-25)35-23(13,10-26)36-22-21(32)20(31)19(30)16(8-24)34-22/h2-6,13,16-22,24-26,28-32H,7-10H2,1H3. The van der Waals surface area contributed by atoms with Crippen molar-refractivity contribution in [2.75, 3.05) is 26.9 Å². The van der Waals surface area contributed by atoms with E-state index >= 15 is 0 Å². The van der Waals surface area contributed by atoms with E-state index in [1.54, 1.807) is 0 Å². The molecule has 1 aromatic carbocycles. The Balaban J connectivity index is 1.81. The molecule has 36 heavy (non-hydrogen) atoms. The van der Waals surface area contributed by atoms with Gasteiger partial charge in [-0.2, -0.15) is 0 Å². The van der Waals surface area contributed by atoms with Gasteiger partial charge in [-0.15, -0.1) is 0 Å². The number of ketones is 1. The summed E-state index contributed by atoms with van der Waals surface area (Å²) in [6, 6.07) is 4.42. The Morgan fingerprint density at radius 3 is 2.33 bits per heavy atom. The van der Waals surface area contributed by atoms with Crippen molar-refractivity contribution >= 4 is 11.9 Å². The number of aromatic hydroxyl groups is 1. The normalized spacial score (nSPS) is 36.9. The average Bonchev–Trinajstić information content (AvgIpc) is 3.14. The van der Waals surface area contributed by atoms with Crippen LogP contribution in [0.5, 0.6) is 11.5 Å². The first-order valence-corrected chi connectivity index (χ1v) is 11.2. The van der Waals surface area contributed by atoms with Crippen LogP contribution in [0.3, 0.4) is 0 Å². The third-order valence-electron chi connectivity index (χ3n) is 6.36. The van der Waals surface area contributed by atoms with E-state index in [1.807, 2.05) is 0 Å². The molecule has 2 saturated heterocycles. The SMILES string of the molecule is COc1cc(C=CC(=O)CC2C(O)C(CO)OC2(CO)OC2OC(CO)C(O)C(O)C2O)ccc1O. The summed E-state index contributed by atoms with van der Waals surface area (Å²) in [5, 5.41) is 79.9. The minimum Gasteiger partial charge on any atom is -0.504 e. The highest BCUT2D eigenvalue weighted by Gasteiger charge is 2.58. The molecule has 2 aliphatic heterocycles. The monoisotopic (exact) mass is 516 g/mol. The average molecular weight is 516 g/mol. The van der Waals surface area contributed by atoms with Gasteiger partial charge >= 0.3 is 0 Å². The molecule has 0 saturated carbocycles. The van der Waals surface area contributed by atoms with Crippen molar-refractivity contribution in [3.05, 3.63) is 29.8 Å². The van der Waals surface area contributed by atoms with Crippen molar-refractivity contribution in [1.29, 1.82) is 0 Å². The maximum Gasteiger partial charge on any atom is 0.200 e. The summed E-state index contributed by atoms with van der Waals surface area (Å²) >= 11 is 0. The van der Waals surface area contributed by atoms with Gasteiger partial charge in [-0.3, -0.25) is 4.79 Å². The van der Waals surface area contributed by atoms with Gasteiger partial charge in [0.2, 0.25) is 5.79 Å². The molecular formula is C23H32O13. The Hall–Kier alpha value is -2.17. The molecule has 9 unspecified atom stereocenters. The number of aliphatic hydroxyl groups excluding tert-OH is 7. The van der Waals surface area contributed by atoms with Gasteiger partial charge < -0.3 is 59.8 Å². The number of carbonyl (C=O) groups excluding carboxylic acids is 1. The van der Waals surface area contributed by atoms with E-state index in [-0.39, 0.29) is 11.5 Å². The minimum atomic E-state index is -2.15. The van der Waals surface area contributed by atoms with E-state index in [0.717, 1.165) is 0 Å². The number of hydrogen-bond acceptors (Lipinski definition) is 13. The molecule has 2 fully saturated rings. The highest BCUT2D eigenvalue weighted by atomic mass is 16.8. The van der Waals surface area contributed by atoms with Crippen molar-refractivity contribution in [3.63, 3.8) is 0 Å². The Kier molecular flexibility index (Phi) is 9.40. The zero-order valence-corrected chi connectivity index (χ0v) is 19.5. The van der Waals surface area contributed by atoms with Crippen molar-refractivity contribution in [2.45, 2.75) is 55.1 Å². The van der Waals surface area contributed by atoms with E-state index in [2.05, 4.69) is 0 Å². The van der Waals surface area contributed by atoms with E-state index in [1.165, 1.54) is 37.5 Å². The quantitative estimate of drug-likeness (QED) is 0.148. The van der Waals surface area contributed by atoms with Crippen LogP contribution in [0.25, 0.3) is 6.08 Å². The summed E-state index contributed by atoms with van der Waals surface area (Å²) in [7, 11) is 1.37. The maximum atomic E-state index is 12.8. The molecule has 2 aliphatic rings. The van der Waals surface area contributed by atoms with Crippen LogP contribution in [0.15, 0.2) is 24.3 Å². The molecule has 202 valence electrons. The fourth-order valence-electron chi connectivity index (χ4n) is 4.29. The molecule has 1 aromatic rings. The molecule has 0 spiro atoms. The zero-order valence-electron chi connectivity index (χ0n) is 19.5. The van der Waals surface area contributed by atoms with Gasteiger partial charge in [0, 0.05) is 6.42 Å². The van der Waals surface area contributed by atoms with Gasteiger partial charge in [-0.25, -0.2) is 0 Å². The van der Waals surface area contributed by atoms with Crippen LogP contribution in [0.2, 0.25) is 0 Å². The zero-order chi connectivity index (χ0) is 26.6. The largest absolute Gasteiger partial charge is 0.504 e. The fourth-order valence-corrected chi connectivity index (χ4v) is 4.29. The number of rotatable bonds is 10. The van der Waals surface area contributed by atoms with Gasteiger partial charge in [-0.1, -0.05) is 12.1 Å². The van der Waals surface area contributed by atoms with Crippen LogP contribution in [0.4, 0.5) is 0 Å². The number of methoxy groups -OCH3 is 1. The van der Waals surface area contributed by atoms with Gasteiger partial charge in [0.05, 0.1) is 39.0 Å². The first kappa shape index (κ1) is 28.4. The highest BCUT2D eigenvalue weighted by molar-refractivity contribution is 5.93. The lowest BCUT2D eigenvalue weighted by Crippen LogP contribution is -2.62. The van der Waals surface area contributed by atoms with Crippen LogP contribution in [-0.2, 0) is 19.0 Å². The summed E-state index contributed by atoms with van der Waals surface area (Å²) in [6.07, 6.45) is -8.83. The number of phenolic OH excluding ortho intramolecular Hbond substituents is 1. The summed E-state index contributed by atoms with van der Waals surface area (Å²) in [4.78, 5) is 12.8. The van der Waals surface area contributed by atoms with Gasteiger partial charge in [0.15, 0.2) is 23.6 Å². The highest BCUT2D eigenvalue weighted by Crippen LogP contribution is 2.42. The van der Waals surface area contributed by atoms with E-state index < -0.39 is 86.6 Å². The lowest BCUT2D eigenvalue weighted by atomic mass is 9.88. The Labute approximate surface area is 206 Å². The predicted molar refractivity (Wildman–Crippen MR) is 119 cm³/mol. The third-order valence-corrected chi connectivity index (χ3v) is 6.36. The topological polar surface area (TPSA) is 216 Å². The molecule has 0 bridgehead atoms. The van der Waals surface area contributed by atoms with Crippen molar-refractivity contribution < 1.29 is 64.6 Å². The van der Waals surface area contributed by atoms with Crippen LogP contribution in [0.1, 0.15) is 12.0 Å². The molecule has 0 aromatic heterocycles. The lowest BCUT2D eigenvalue weighted by molar-refractivity contribution is -0.379. The van der Waals surface area contributed by atoms with Crippen LogP contribution < -0.4 is 4.74 Å². The number of allylic oxidation sites excluding steroid dienone is 1. The summed E-state index contributed by atoms with van der Waals surface area (Å²) in [5.74, 6) is -3.81. The molecule has 2 heterocycles. The molecule has 3 rings (SSSR count). The minimum absolute atomic E-state index is 0.0830. The van der Waals surface area contributed by atoms with E-state index in [4.69, 9.17) is 18.9 Å². The molecule has 13 nitrogen and oxygen atoms in total. The van der Waals surface area contributed by atoms with Crippen molar-refractivity contribution in [3.8, 4) is 11.5 Å². The number of phenols is 1. The second-order valence-electron chi connectivity index (χ2n) is 8.66. The smallest absolute Gasteiger partial charge is 0.200 e. The number of hydrogen-bond donors (Lipinski definition) is 8. The first-order chi connectivity index (χ1) is 17.1. The summed E-state index contributed by atoms with van der Waals surface area (Å²) in [5.41, 5.74) is 0.528. The molecule has 8 N–H and O–H groups in total. The summed E-state index contributed by atoms with van der Waals surface area (Å²) < 4.78 is 21.6. The Morgan fingerprint density at radius 1 is 1.03 bits per heavy atom. The Bertz CT molecular complexity index is 921. The molecular weight excluding hydrogens is 484 g/mol. The van der Waals surface area contributed by atoms with Gasteiger partial charge in [0.25, 0.3) is 0 Å². The van der Waals surface area contributed by atoms with Crippen LogP contribution in [0, 0.1) is 5.92 Å². The van der Waals surface area contributed by atoms with Crippen molar-refractivity contribution in [1.82, 2.24) is 0 Å². The second-order valence-corrected chi connectivity index (χ2v) is 8.66. The van der Waals surface area contributed by atoms with Crippen molar-refractivity contribution in [2.24, 2.45) is 5.92 Å². The molecule has 13 heteroatoms. The number of aliphatic hydroxyl groups is 7. The molecule has 9 atom stereocenters. The van der Waals surface area contributed by atoms with Crippen LogP contribution >= 0.6 is 0 Å². The predicted octanol–water partition coefficient (Wildman–Crippen LogP) is -2.75. The van der Waals surface area contributed by atoms with Gasteiger partial charge in [-0.05, 0) is 23.8 Å². The summed E-state index contributed by atoms with van der Waals surface area (Å²) in [6.45, 7) is -2.35. The lowest BCUT2D eigenvalue weighted by Gasteiger charge is -2.44. The van der Waals surface area contributed by atoms with E-state index in [0.29, 0.717) is 5.56 Å².